The van der Waals surface area contributed by atoms with Gasteiger partial charge in [-0.25, -0.2) is 0 Å². The summed E-state index contributed by atoms with van der Waals surface area (Å²) in [6.45, 7) is 2.40. The zero-order valence-electron chi connectivity index (χ0n) is 11.3. The molecule has 0 saturated heterocycles. The van der Waals surface area contributed by atoms with E-state index in [0.29, 0.717) is 13.0 Å². The van der Waals surface area contributed by atoms with Gasteiger partial charge in [-0.1, -0.05) is 41.1 Å². The van der Waals surface area contributed by atoms with Gasteiger partial charge in [0.15, 0.2) is 0 Å². The second-order valence-corrected chi connectivity index (χ2v) is 5.49. The largest absolute Gasteiger partial charge is 0.481 e. The van der Waals surface area contributed by atoms with Crippen LogP contribution in [0.15, 0.2) is 34.8 Å². The van der Waals surface area contributed by atoms with Crippen LogP contribution in [0.2, 0.25) is 0 Å². The quantitative estimate of drug-likeness (QED) is 0.750. The molecule has 0 saturated carbocycles. The summed E-state index contributed by atoms with van der Waals surface area (Å²) >= 11 is 3.40. The Kier molecular flexibility index (Phi) is 7.01. The number of aliphatic carboxylic acids is 1. The Bertz CT molecular complexity index is 500. The summed E-state index contributed by atoms with van der Waals surface area (Å²) in [5.74, 6) is -0.841. The van der Waals surface area contributed by atoms with Gasteiger partial charge in [-0.3, -0.25) is 9.59 Å². The highest BCUT2D eigenvalue weighted by Gasteiger charge is 2.06. The molecule has 1 aromatic rings. The first-order valence-electron chi connectivity index (χ1n) is 6.41. The first-order valence-corrected chi connectivity index (χ1v) is 7.20. The molecular formula is C15H18BrNO3. The molecule has 2 N–H and O–H groups in total. The summed E-state index contributed by atoms with van der Waals surface area (Å²) < 4.78 is 0.930. The molecule has 108 valence electrons. The molecule has 1 amide bonds. The van der Waals surface area contributed by atoms with Crippen molar-refractivity contribution in [2.45, 2.75) is 19.8 Å². The Morgan fingerprint density at radius 2 is 2.10 bits per heavy atom. The molecule has 0 spiro atoms. The minimum atomic E-state index is -0.808. The molecule has 1 aromatic carbocycles. The van der Waals surface area contributed by atoms with Crippen LogP contribution in [0.3, 0.4) is 0 Å². The number of carboxylic acids is 1. The van der Waals surface area contributed by atoms with E-state index in [4.69, 9.17) is 5.11 Å². The van der Waals surface area contributed by atoms with E-state index in [9.17, 15) is 9.59 Å². The van der Waals surface area contributed by atoms with Crippen LogP contribution in [0.4, 0.5) is 0 Å². The maximum Gasteiger partial charge on any atom is 0.303 e. The van der Waals surface area contributed by atoms with E-state index in [2.05, 4.69) is 21.2 Å². The van der Waals surface area contributed by atoms with Gasteiger partial charge in [-0.2, -0.15) is 0 Å². The number of halogens is 1. The van der Waals surface area contributed by atoms with Gasteiger partial charge in [0.25, 0.3) is 0 Å². The molecule has 0 aliphatic carbocycles. The van der Waals surface area contributed by atoms with Crippen molar-refractivity contribution >= 4 is 33.9 Å². The highest BCUT2D eigenvalue weighted by atomic mass is 79.9. The zero-order chi connectivity index (χ0) is 15.0. The zero-order valence-corrected chi connectivity index (χ0v) is 12.9. The summed E-state index contributed by atoms with van der Waals surface area (Å²) in [6.07, 6.45) is 3.90. The normalized spacial score (nSPS) is 12.3. The highest BCUT2D eigenvalue weighted by molar-refractivity contribution is 9.10. The Morgan fingerprint density at radius 3 is 2.75 bits per heavy atom. The van der Waals surface area contributed by atoms with Crippen LogP contribution in [0.25, 0.3) is 6.08 Å². The van der Waals surface area contributed by atoms with Crippen LogP contribution < -0.4 is 5.32 Å². The predicted molar refractivity (Wildman–Crippen MR) is 82.2 cm³/mol. The van der Waals surface area contributed by atoms with Crippen molar-refractivity contribution in [1.82, 2.24) is 5.32 Å². The van der Waals surface area contributed by atoms with Gasteiger partial charge in [0, 0.05) is 23.5 Å². The van der Waals surface area contributed by atoms with Gasteiger partial charge in [0.2, 0.25) is 5.91 Å². The van der Waals surface area contributed by atoms with E-state index in [1.165, 1.54) is 6.08 Å². The van der Waals surface area contributed by atoms with Gasteiger partial charge in [-0.15, -0.1) is 0 Å². The van der Waals surface area contributed by atoms with Crippen LogP contribution >= 0.6 is 15.9 Å². The standard InChI is InChI=1S/C15H18BrNO3/c1-11(6-9-15(19)20)10-17-14(18)8-7-12-4-2-3-5-13(12)16/h2-5,7-8,11H,6,9-10H2,1H3,(H,17,18)(H,19,20)/b8-7+. The molecular weight excluding hydrogens is 322 g/mol. The van der Waals surface area contributed by atoms with E-state index < -0.39 is 5.97 Å². The summed E-state index contributed by atoms with van der Waals surface area (Å²) in [4.78, 5) is 22.1. The molecule has 5 heteroatoms. The fourth-order valence-corrected chi connectivity index (χ4v) is 2.00. The lowest BCUT2D eigenvalue weighted by Crippen LogP contribution is -2.26. The van der Waals surface area contributed by atoms with Crippen molar-refractivity contribution in [3.63, 3.8) is 0 Å². The van der Waals surface area contributed by atoms with Crippen molar-refractivity contribution < 1.29 is 14.7 Å². The lowest BCUT2D eigenvalue weighted by atomic mass is 10.1. The number of amides is 1. The maximum atomic E-state index is 11.6. The van der Waals surface area contributed by atoms with Crippen molar-refractivity contribution in [2.24, 2.45) is 5.92 Å². The van der Waals surface area contributed by atoms with Crippen molar-refractivity contribution in [1.29, 1.82) is 0 Å². The van der Waals surface area contributed by atoms with Gasteiger partial charge in [0.1, 0.15) is 0 Å². The molecule has 0 bridgehead atoms. The molecule has 1 unspecified atom stereocenters. The van der Waals surface area contributed by atoms with E-state index in [0.717, 1.165) is 10.0 Å². The Balaban J connectivity index is 2.37. The molecule has 4 nitrogen and oxygen atoms in total. The minimum Gasteiger partial charge on any atom is -0.481 e. The second-order valence-electron chi connectivity index (χ2n) is 4.64. The smallest absolute Gasteiger partial charge is 0.303 e. The second kappa shape index (κ2) is 8.53. The Labute approximate surface area is 127 Å². The average molecular weight is 340 g/mol. The maximum absolute atomic E-state index is 11.6. The number of hydrogen-bond donors (Lipinski definition) is 2. The third-order valence-corrected chi connectivity index (χ3v) is 3.52. The molecule has 0 aliphatic heterocycles. The van der Waals surface area contributed by atoms with Crippen molar-refractivity contribution in [3.05, 3.63) is 40.4 Å². The molecule has 0 fully saturated rings. The minimum absolute atomic E-state index is 0.129. The number of benzene rings is 1. The summed E-state index contributed by atoms with van der Waals surface area (Å²) in [6, 6.07) is 7.62. The Hall–Kier alpha value is -1.62. The third-order valence-electron chi connectivity index (χ3n) is 2.80. The first kappa shape index (κ1) is 16.4. The number of carbonyl (C=O) groups is 2. The molecule has 1 atom stereocenters. The topological polar surface area (TPSA) is 66.4 Å². The van der Waals surface area contributed by atoms with Crippen LogP contribution in [-0.4, -0.2) is 23.5 Å². The van der Waals surface area contributed by atoms with Crippen molar-refractivity contribution in [2.75, 3.05) is 6.54 Å². The number of rotatable bonds is 7. The van der Waals surface area contributed by atoms with Gasteiger partial charge >= 0.3 is 5.97 Å². The summed E-state index contributed by atoms with van der Waals surface area (Å²) in [5.41, 5.74) is 0.932. The molecule has 0 radical (unpaired) electrons. The van der Waals surface area contributed by atoms with E-state index >= 15 is 0 Å². The summed E-state index contributed by atoms with van der Waals surface area (Å²) in [7, 11) is 0. The fraction of sp³-hybridized carbons (Fsp3) is 0.333. The monoisotopic (exact) mass is 339 g/mol. The van der Waals surface area contributed by atoms with Crippen molar-refractivity contribution in [3.8, 4) is 0 Å². The lowest BCUT2D eigenvalue weighted by molar-refractivity contribution is -0.137. The molecule has 0 heterocycles. The highest BCUT2D eigenvalue weighted by Crippen LogP contribution is 2.16. The van der Waals surface area contributed by atoms with Gasteiger partial charge in [0.05, 0.1) is 0 Å². The van der Waals surface area contributed by atoms with Crippen LogP contribution in [-0.2, 0) is 9.59 Å². The van der Waals surface area contributed by atoms with E-state index in [-0.39, 0.29) is 18.2 Å². The van der Waals surface area contributed by atoms with Crippen LogP contribution in [0.1, 0.15) is 25.3 Å². The number of carbonyl (C=O) groups excluding carboxylic acids is 1. The molecule has 20 heavy (non-hydrogen) atoms. The SMILES string of the molecule is CC(CCC(=O)O)CNC(=O)/C=C/c1ccccc1Br. The van der Waals surface area contributed by atoms with Gasteiger partial charge in [-0.05, 0) is 30.0 Å². The molecule has 0 aliphatic rings. The third kappa shape index (κ3) is 6.52. The Morgan fingerprint density at radius 1 is 1.40 bits per heavy atom. The lowest BCUT2D eigenvalue weighted by Gasteiger charge is -2.09. The average Bonchev–Trinajstić information content (AvgIpc) is 2.42. The fourth-order valence-electron chi connectivity index (χ4n) is 1.58. The predicted octanol–water partition coefficient (Wildman–Crippen LogP) is 3.08. The van der Waals surface area contributed by atoms with Crippen LogP contribution in [0.5, 0.6) is 0 Å². The van der Waals surface area contributed by atoms with Gasteiger partial charge < -0.3 is 10.4 Å². The molecule has 0 aromatic heterocycles. The first-order chi connectivity index (χ1) is 9.49. The number of nitrogens with one attached hydrogen (secondary N) is 1. The number of hydrogen-bond acceptors (Lipinski definition) is 2. The summed E-state index contributed by atoms with van der Waals surface area (Å²) in [5, 5.41) is 11.3. The number of carboxylic acid groups (broad SMARTS) is 1. The molecule has 1 rings (SSSR count). The van der Waals surface area contributed by atoms with E-state index in [1.54, 1.807) is 6.08 Å². The van der Waals surface area contributed by atoms with Crippen LogP contribution in [0, 0.1) is 5.92 Å². The van der Waals surface area contributed by atoms with E-state index in [1.807, 2.05) is 31.2 Å².